The zero-order chi connectivity index (χ0) is 19.6. The maximum absolute atomic E-state index is 11.8. The van der Waals surface area contributed by atoms with Crippen LogP contribution in [0.1, 0.15) is 103 Å². The highest BCUT2D eigenvalue weighted by atomic mass is 16.3. The summed E-state index contributed by atoms with van der Waals surface area (Å²) in [4.78, 5) is 23.1. The van der Waals surface area contributed by atoms with E-state index in [9.17, 15) is 14.7 Å². The first-order valence-corrected chi connectivity index (χ1v) is 10.7. The Bertz CT molecular complexity index is 360. The quantitative estimate of drug-likeness (QED) is 0.237. The van der Waals surface area contributed by atoms with Gasteiger partial charge in [0.2, 0.25) is 5.91 Å². The van der Waals surface area contributed by atoms with Crippen molar-refractivity contribution in [1.29, 1.82) is 0 Å². The van der Waals surface area contributed by atoms with E-state index in [0.717, 1.165) is 19.3 Å². The van der Waals surface area contributed by atoms with Crippen molar-refractivity contribution in [2.24, 2.45) is 11.7 Å². The normalized spacial score (nSPS) is 13.5. The fourth-order valence-electron chi connectivity index (χ4n) is 3.29. The minimum Gasteiger partial charge on any atom is -0.393 e. The lowest BCUT2D eigenvalue weighted by Crippen LogP contribution is -2.38. The highest BCUT2D eigenvalue weighted by Crippen LogP contribution is 2.16. The lowest BCUT2D eigenvalue weighted by Gasteiger charge is -2.14. The molecular formula is C21H41NO4. The summed E-state index contributed by atoms with van der Waals surface area (Å²) in [6.07, 6.45) is 16.3. The Morgan fingerprint density at radius 2 is 1.15 bits per heavy atom. The van der Waals surface area contributed by atoms with E-state index in [1.54, 1.807) is 0 Å². The smallest absolute Gasteiger partial charge is 0.228 e. The van der Waals surface area contributed by atoms with E-state index in [4.69, 9.17) is 10.8 Å². The number of hydrogen-bond acceptors (Lipinski definition) is 4. The Balaban J connectivity index is 3.51. The number of rotatable bonds is 19. The van der Waals surface area contributed by atoms with Crippen LogP contribution in [0.3, 0.4) is 0 Å². The molecule has 4 N–H and O–H groups in total. The molecule has 0 aliphatic carbocycles. The molecule has 2 atom stereocenters. The van der Waals surface area contributed by atoms with E-state index >= 15 is 0 Å². The molecule has 1 amide bonds. The van der Waals surface area contributed by atoms with Crippen molar-refractivity contribution in [2.45, 2.75) is 109 Å². The van der Waals surface area contributed by atoms with Crippen LogP contribution in [0, 0.1) is 5.92 Å². The molecule has 154 valence electrons. The number of carbonyl (C=O) groups is 2. The highest BCUT2D eigenvalue weighted by Gasteiger charge is 2.28. The van der Waals surface area contributed by atoms with Crippen LogP contribution < -0.4 is 5.73 Å². The van der Waals surface area contributed by atoms with E-state index < -0.39 is 30.3 Å². The molecule has 5 heteroatoms. The molecule has 2 unspecified atom stereocenters. The van der Waals surface area contributed by atoms with Crippen LogP contribution in [0.25, 0.3) is 0 Å². The topological polar surface area (TPSA) is 101 Å². The third kappa shape index (κ3) is 13.3. The number of aliphatic hydroxyl groups excluding tert-OH is 2. The molecular weight excluding hydrogens is 330 g/mol. The fraction of sp³-hybridized carbons (Fsp3) is 0.905. The van der Waals surface area contributed by atoms with Gasteiger partial charge >= 0.3 is 0 Å². The van der Waals surface area contributed by atoms with E-state index in [0.29, 0.717) is 6.42 Å². The number of hydrogen-bond donors (Lipinski definition) is 3. The minimum atomic E-state index is -1.50. The van der Waals surface area contributed by atoms with Gasteiger partial charge in [-0.3, -0.25) is 9.59 Å². The standard InChI is InChI=1S/C21H41NO4/c1-2-3-4-5-6-7-8-9-10-11-12-13-14-15-16-18(21(22)26)20(25)19(24)17-23/h18-19,23-24H,2-17H2,1H3,(H2,22,26). The van der Waals surface area contributed by atoms with Gasteiger partial charge in [-0.1, -0.05) is 96.8 Å². The first-order chi connectivity index (χ1) is 12.5. The third-order valence-corrected chi connectivity index (χ3v) is 5.03. The molecule has 0 aliphatic heterocycles. The van der Waals surface area contributed by atoms with Gasteiger partial charge in [-0.05, 0) is 6.42 Å². The zero-order valence-corrected chi connectivity index (χ0v) is 16.8. The van der Waals surface area contributed by atoms with Crippen LogP contribution in [-0.2, 0) is 9.59 Å². The number of primary amides is 1. The van der Waals surface area contributed by atoms with Crippen molar-refractivity contribution in [2.75, 3.05) is 6.61 Å². The van der Waals surface area contributed by atoms with E-state index in [-0.39, 0.29) is 0 Å². The van der Waals surface area contributed by atoms with Gasteiger partial charge in [-0.2, -0.15) is 0 Å². The number of amides is 1. The SMILES string of the molecule is CCCCCCCCCCCCCCCCC(C(N)=O)C(=O)C(O)CO. The number of unbranched alkanes of at least 4 members (excludes halogenated alkanes) is 13. The predicted octanol–water partition coefficient (Wildman–Crippen LogP) is 3.88. The molecule has 0 saturated heterocycles. The maximum Gasteiger partial charge on any atom is 0.228 e. The van der Waals surface area contributed by atoms with E-state index in [1.165, 1.54) is 70.6 Å². The lowest BCUT2D eigenvalue weighted by atomic mass is 9.92. The number of aliphatic hydroxyl groups is 2. The zero-order valence-electron chi connectivity index (χ0n) is 16.8. The van der Waals surface area contributed by atoms with Crippen LogP contribution in [0.5, 0.6) is 0 Å². The van der Waals surface area contributed by atoms with E-state index in [1.807, 2.05) is 0 Å². The summed E-state index contributed by atoms with van der Waals surface area (Å²) in [7, 11) is 0. The Morgan fingerprint density at radius 3 is 1.50 bits per heavy atom. The lowest BCUT2D eigenvalue weighted by molar-refractivity contribution is -0.139. The van der Waals surface area contributed by atoms with Gasteiger partial charge in [0, 0.05) is 0 Å². The van der Waals surface area contributed by atoms with Crippen molar-refractivity contribution in [3.63, 3.8) is 0 Å². The summed E-state index contributed by atoms with van der Waals surface area (Å²) in [5, 5.41) is 18.2. The number of ketones is 1. The summed E-state index contributed by atoms with van der Waals surface area (Å²) in [6, 6.07) is 0. The monoisotopic (exact) mass is 371 g/mol. The second-order valence-corrected chi connectivity index (χ2v) is 7.44. The highest BCUT2D eigenvalue weighted by molar-refractivity contribution is 6.02. The van der Waals surface area contributed by atoms with Crippen LogP contribution in [-0.4, -0.2) is 34.6 Å². The molecule has 0 heterocycles. The second kappa shape index (κ2) is 17.5. The summed E-state index contributed by atoms with van der Waals surface area (Å²) >= 11 is 0. The number of nitrogens with two attached hydrogens (primary N) is 1. The largest absolute Gasteiger partial charge is 0.393 e. The van der Waals surface area contributed by atoms with Gasteiger partial charge < -0.3 is 15.9 Å². The number of carbonyl (C=O) groups excluding carboxylic acids is 2. The summed E-state index contributed by atoms with van der Waals surface area (Å²) in [6.45, 7) is 1.58. The Hall–Kier alpha value is -0.940. The summed E-state index contributed by atoms with van der Waals surface area (Å²) in [5.74, 6) is -2.35. The summed E-state index contributed by atoms with van der Waals surface area (Å²) < 4.78 is 0. The van der Waals surface area contributed by atoms with Crippen LogP contribution >= 0.6 is 0 Å². The fourth-order valence-corrected chi connectivity index (χ4v) is 3.29. The number of Topliss-reactive ketones (excluding diaryl/α,β-unsaturated/α-hetero) is 1. The van der Waals surface area contributed by atoms with Crippen LogP contribution in [0.4, 0.5) is 0 Å². The molecule has 0 aromatic carbocycles. The molecule has 0 rings (SSSR count). The van der Waals surface area contributed by atoms with Crippen molar-refractivity contribution in [3.05, 3.63) is 0 Å². The Kier molecular flexibility index (Phi) is 16.8. The van der Waals surface area contributed by atoms with Gasteiger partial charge in [-0.25, -0.2) is 0 Å². The van der Waals surface area contributed by atoms with Crippen molar-refractivity contribution in [1.82, 2.24) is 0 Å². The minimum absolute atomic E-state index is 0.364. The molecule has 0 radical (unpaired) electrons. The molecule has 0 spiro atoms. The van der Waals surface area contributed by atoms with Crippen molar-refractivity contribution < 1.29 is 19.8 Å². The van der Waals surface area contributed by atoms with Gasteiger partial charge in [-0.15, -0.1) is 0 Å². The molecule has 0 fully saturated rings. The van der Waals surface area contributed by atoms with Gasteiger partial charge in [0.15, 0.2) is 5.78 Å². The summed E-state index contributed by atoms with van der Waals surface area (Å²) in [5.41, 5.74) is 5.23. The van der Waals surface area contributed by atoms with Gasteiger partial charge in [0.1, 0.15) is 6.10 Å². The molecule has 5 nitrogen and oxygen atoms in total. The molecule has 0 aromatic heterocycles. The average molecular weight is 372 g/mol. The molecule has 0 aliphatic rings. The average Bonchev–Trinajstić information content (AvgIpc) is 2.63. The van der Waals surface area contributed by atoms with Crippen molar-refractivity contribution >= 4 is 11.7 Å². The molecule has 0 bridgehead atoms. The van der Waals surface area contributed by atoms with Crippen LogP contribution in [0.15, 0.2) is 0 Å². The van der Waals surface area contributed by atoms with Gasteiger partial charge in [0.05, 0.1) is 12.5 Å². The first-order valence-electron chi connectivity index (χ1n) is 10.7. The van der Waals surface area contributed by atoms with Gasteiger partial charge in [0.25, 0.3) is 0 Å². The van der Waals surface area contributed by atoms with E-state index in [2.05, 4.69) is 6.92 Å². The predicted molar refractivity (Wildman–Crippen MR) is 106 cm³/mol. The maximum atomic E-state index is 11.8. The second-order valence-electron chi connectivity index (χ2n) is 7.44. The molecule has 26 heavy (non-hydrogen) atoms. The van der Waals surface area contributed by atoms with Crippen molar-refractivity contribution in [3.8, 4) is 0 Å². The third-order valence-electron chi connectivity index (χ3n) is 5.03. The Morgan fingerprint density at radius 1 is 0.769 bits per heavy atom. The van der Waals surface area contributed by atoms with Crippen LogP contribution in [0.2, 0.25) is 0 Å². The Labute approximate surface area is 159 Å². The molecule has 0 saturated carbocycles. The molecule has 0 aromatic rings. The first kappa shape index (κ1) is 25.1.